The standard InChI is InChI=1S/C12H16BrNOS/c1-3-9(2)14-12(15)8-16-11-6-4-10(13)5-7-11/h4-7,9H,3,8H2,1-2H3,(H,14,15)/t9-/m0/s1. The molecule has 0 radical (unpaired) electrons. The number of carbonyl (C=O) groups excluding carboxylic acids is 1. The second kappa shape index (κ2) is 6.97. The zero-order chi connectivity index (χ0) is 12.0. The number of halogens is 1. The van der Waals surface area contributed by atoms with E-state index in [1.807, 2.05) is 31.2 Å². The van der Waals surface area contributed by atoms with Crippen LogP contribution < -0.4 is 5.32 Å². The van der Waals surface area contributed by atoms with Gasteiger partial charge in [-0.2, -0.15) is 0 Å². The zero-order valence-corrected chi connectivity index (χ0v) is 11.9. The van der Waals surface area contributed by atoms with Crippen LogP contribution in [0.4, 0.5) is 0 Å². The van der Waals surface area contributed by atoms with Gasteiger partial charge in [0.25, 0.3) is 0 Å². The predicted octanol–water partition coefficient (Wildman–Crippen LogP) is 3.46. The van der Waals surface area contributed by atoms with E-state index in [2.05, 4.69) is 28.2 Å². The summed E-state index contributed by atoms with van der Waals surface area (Å²) in [5.41, 5.74) is 0. The maximum absolute atomic E-state index is 11.5. The molecule has 16 heavy (non-hydrogen) atoms. The van der Waals surface area contributed by atoms with Crippen LogP contribution in [0.3, 0.4) is 0 Å². The van der Waals surface area contributed by atoms with Gasteiger partial charge in [-0.15, -0.1) is 11.8 Å². The molecule has 2 nitrogen and oxygen atoms in total. The molecule has 0 spiro atoms. The molecule has 0 unspecified atom stereocenters. The summed E-state index contributed by atoms with van der Waals surface area (Å²) in [5.74, 6) is 0.577. The number of amides is 1. The molecule has 0 saturated heterocycles. The van der Waals surface area contributed by atoms with Gasteiger partial charge in [0.1, 0.15) is 0 Å². The molecule has 0 aliphatic heterocycles. The maximum atomic E-state index is 11.5. The van der Waals surface area contributed by atoms with E-state index < -0.39 is 0 Å². The lowest BCUT2D eigenvalue weighted by atomic mass is 10.3. The third-order valence-electron chi connectivity index (χ3n) is 2.20. The van der Waals surface area contributed by atoms with E-state index in [1.165, 1.54) is 0 Å². The summed E-state index contributed by atoms with van der Waals surface area (Å²) in [4.78, 5) is 12.6. The van der Waals surface area contributed by atoms with Gasteiger partial charge in [0, 0.05) is 15.4 Å². The van der Waals surface area contributed by atoms with Crippen LogP contribution in [0, 0.1) is 0 Å². The van der Waals surface area contributed by atoms with Gasteiger partial charge in [0.15, 0.2) is 0 Å². The molecule has 0 saturated carbocycles. The van der Waals surface area contributed by atoms with Crippen LogP contribution in [-0.4, -0.2) is 17.7 Å². The van der Waals surface area contributed by atoms with Crippen molar-refractivity contribution in [3.8, 4) is 0 Å². The largest absolute Gasteiger partial charge is 0.353 e. The minimum atomic E-state index is 0.0993. The van der Waals surface area contributed by atoms with Gasteiger partial charge in [-0.25, -0.2) is 0 Å². The molecular weight excluding hydrogens is 286 g/mol. The molecule has 1 amide bonds. The number of hydrogen-bond donors (Lipinski definition) is 1. The van der Waals surface area contributed by atoms with Crippen molar-refractivity contribution in [3.63, 3.8) is 0 Å². The van der Waals surface area contributed by atoms with E-state index in [0.717, 1.165) is 15.8 Å². The fourth-order valence-corrected chi connectivity index (χ4v) is 2.07. The van der Waals surface area contributed by atoms with Gasteiger partial charge in [0.2, 0.25) is 5.91 Å². The van der Waals surface area contributed by atoms with E-state index >= 15 is 0 Å². The van der Waals surface area contributed by atoms with Crippen LogP contribution in [0.5, 0.6) is 0 Å². The Labute approximate surface area is 109 Å². The molecule has 1 aromatic carbocycles. The smallest absolute Gasteiger partial charge is 0.230 e. The van der Waals surface area contributed by atoms with Crippen molar-refractivity contribution in [1.29, 1.82) is 0 Å². The molecule has 88 valence electrons. The molecule has 0 heterocycles. The lowest BCUT2D eigenvalue weighted by Crippen LogP contribution is -2.33. The van der Waals surface area contributed by atoms with Crippen LogP contribution in [0.2, 0.25) is 0 Å². The van der Waals surface area contributed by atoms with Crippen LogP contribution in [0.25, 0.3) is 0 Å². The topological polar surface area (TPSA) is 29.1 Å². The first kappa shape index (κ1) is 13.6. The molecule has 1 atom stereocenters. The third kappa shape index (κ3) is 5.03. The third-order valence-corrected chi connectivity index (χ3v) is 3.74. The highest BCUT2D eigenvalue weighted by atomic mass is 79.9. The summed E-state index contributed by atoms with van der Waals surface area (Å²) in [7, 11) is 0. The van der Waals surface area contributed by atoms with Crippen molar-refractivity contribution < 1.29 is 4.79 Å². The fraction of sp³-hybridized carbons (Fsp3) is 0.417. The Morgan fingerprint density at radius 2 is 2.06 bits per heavy atom. The average molecular weight is 302 g/mol. The Kier molecular flexibility index (Phi) is 5.91. The summed E-state index contributed by atoms with van der Waals surface area (Å²) in [5, 5.41) is 2.94. The first-order valence-electron chi connectivity index (χ1n) is 5.29. The highest BCUT2D eigenvalue weighted by Gasteiger charge is 2.05. The minimum absolute atomic E-state index is 0.0993. The summed E-state index contributed by atoms with van der Waals surface area (Å²) in [6, 6.07) is 8.23. The van der Waals surface area contributed by atoms with Gasteiger partial charge in [-0.05, 0) is 37.6 Å². The highest BCUT2D eigenvalue weighted by molar-refractivity contribution is 9.10. The van der Waals surface area contributed by atoms with Crippen molar-refractivity contribution in [2.75, 3.05) is 5.75 Å². The summed E-state index contributed by atoms with van der Waals surface area (Å²) in [6.07, 6.45) is 0.967. The molecule has 0 aliphatic carbocycles. The van der Waals surface area contributed by atoms with Crippen LogP contribution >= 0.6 is 27.7 Å². The maximum Gasteiger partial charge on any atom is 0.230 e. The van der Waals surface area contributed by atoms with E-state index in [4.69, 9.17) is 0 Å². The van der Waals surface area contributed by atoms with Gasteiger partial charge in [-0.1, -0.05) is 22.9 Å². The van der Waals surface area contributed by atoms with Crippen molar-refractivity contribution in [1.82, 2.24) is 5.32 Å². The number of thioether (sulfide) groups is 1. The molecule has 0 fully saturated rings. The predicted molar refractivity (Wildman–Crippen MR) is 72.8 cm³/mol. The van der Waals surface area contributed by atoms with Crippen LogP contribution in [-0.2, 0) is 4.79 Å². The van der Waals surface area contributed by atoms with Crippen molar-refractivity contribution in [2.24, 2.45) is 0 Å². The number of hydrogen-bond acceptors (Lipinski definition) is 2. The average Bonchev–Trinajstić information content (AvgIpc) is 2.28. The lowest BCUT2D eigenvalue weighted by Gasteiger charge is -2.10. The highest BCUT2D eigenvalue weighted by Crippen LogP contribution is 2.20. The summed E-state index contributed by atoms with van der Waals surface area (Å²) >= 11 is 4.94. The molecular formula is C12H16BrNOS. The second-order valence-electron chi connectivity index (χ2n) is 3.62. The Morgan fingerprint density at radius 3 is 2.62 bits per heavy atom. The number of benzene rings is 1. The van der Waals surface area contributed by atoms with Gasteiger partial charge < -0.3 is 5.32 Å². The normalized spacial score (nSPS) is 12.2. The van der Waals surface area contributed by atoms with Crippen molar-refractivity contribution in [3.05, 3.63) is 28.7 Å². The first-order valence-corrected chi connectivity index (χ1v) is 7.07. The lowest BCUT2D eigenvalue weighted by molar-refractivity contribution is -0.119. The zero-order valence-electron chi connectivity index (χ0n) is 9.50. The minimum Gasteiger partial charge on any atom is -0.353 e. The van der Waals surface area contributed by atoms with Crippen molar-refractivity contribution >= 4 is 33.6 Å². The second-order valence-corrected chi connectivity index (χ2v) is 5.58. The number of nitrogens with one attached hydrogen (secondary N) is 1. The molecule has 0 aromatic heterocycles. The van der Waals surface area contributed by atoms with Crippen LogP contribution in [0.15, 0.2) is 33.6 Å². The quantitative estimate of drug-likeness (QED) is 0.844. The SMILES string of the molecule is CC[C@H](C)NC(=O)CSc1ccc(Br)cc1. The Bertz CT molecular complexity index is 339. The summed E-state index contributed by atoms with van der Waals surface area (Å²) in [6.45, 7) is 4.08. The molecule has 0 aliphatic rings. The first-order chi connectivity index (χ1) is 7.61. The Balaban J connectivity index is 2.34. The summed E-state index contributed by atoms with van der Waals surface area (Å²) < 4.78 is 1.06. The fourth-order valence-electron chi connectivity index (χ4n) is 1.10. The van der Waals surface area contributed by atoms with Crippen molar-refractivity contribution in [2.45, 2.75) is 31.2 Å². The van der Waals surface area contributed by atoms with Gasteiger partial charge in [-0.3, -0.25) is 4.79 Å². The molecule has 0 bridgehead atoms. The van der Waals surface area contributed by atoms with E-state index in [1.54, 1.807) is 11.8 Å². The molecule has 1 N–H and O–H groups in total. The van der Waals surface area contributed by atoms with Gasteiger partial charge in [0.05, 0.1) is 5.75 Å². The van der Waals surface area contributed by atoms with E-state index in [-0.39, 0.29) is 11.9 Å². The van der Waals surface area contributed by atoms with E-state index in [0.29, 0.717) is 5.75 Å². The molecule has 4 heteroatoms. The molecule has 1 aromatic rings. The van der Waals surface area contributed by atoms with Crippen LogP contribution in [0.1, 0.15) is 20.3 Å². The Hall–Kier alpha value is -0.480. The molecule has 1 rings (SSSR count). The number of carbonyl (C=O) groups is 1. The van der Waals surface area contributed by atoms with E-state index in [9.17, 15) is 4.79 Å². The monoisotopic (exact) mass is 301 g/mol. The number of rotatable bonds is 5. The van der Waals surface area contributed by atoms with Gasteiger partial charge >= 0.3 is 0 Å². The Morgan fingerprint density at radius 1 is 1.44 bits per heavy atom.